The van der Waals surface area contributed by atoms with Crippen LogP contribution in [-0.2, 0) is 0 Å². The molecule has 6 heteroatoms. The molecule has 0 saturated carbocycles. The standard InChI is InChI=1S/C9H10N4O2/c1-5(2)8-10-3-6-9(15)11-7(4-14)12-13(6)8/h3-5H,1-2H3,(H,11,12,15). The van der Waals surface area contributed by atoms with Gasteiger partial charge in [0.05, 0.1) is 6.20 Å². The molecular formula is C9H10N4O2. The van der Waals surface area contributed by atoms with E-state index < -0.39 is 0 Å². The molecule has 0 aliphatic rings. The molecule has 0 fully saturated rings. The van der Waals surface area contributed by atoms with Crippen molar-refractivity contribution < 1.29 is 4.79 Å². The van der Waals surface area contributed by atoms with E-state index in [1.807, 2.05) is 13.8 Å². The Morgan fingerprint density at radius 1 is 1.53 bits per heavy atom. The molecule has 0 amide bonds. The fourth-order valence-corrected chi connectivity index (χ4v) is 1.38. The molecule has 2 aromatic heterocycles. The summed E-state index contributed by atoms with van der Waals surface area (Å²) in [5.41, 5.74) is -0.00389. The molecule has 0 atom stereocenters. The smallest absolute Gasteiger partial charge is 0.277 e. The number of rotatable bonds is 2. The van der Waals surface area contributed by atoms with Crippen molar-refractivity contribution in [3.05, 3.63) is 28.2 Å². The van der Waals surface area contributed by atoms with Gasteiger partial charge in [-0.05, 0) is 0 Å². The van der Waals surface area contributed by atoms with Crippen molar-refractivity contribution in [1.82, 2.24) is 19.6 Å². The number of hydrogen-bond acceptors (Lipinski definition) is 4. The van der Waals surface area contributed by atoms with E-state index in [0.29, 0.717) is 17.6 Å². The Morgan fingerprint density at radius 2 is 2.27 bits per heavy atom. The highest BCUT2D eigenvalue weighted by Gasteiger charge is 2.11. The van der Waals surface area contributed by atoms with Crippen LogP contribution in [0.4, 0.5) is 0 Å². The summed E-state index contributed by atoms with van der Waals surface area (Å²) in [4.78, 5) is 28.5. The lowest BCUT2D eigenvalue weighted by Gasteiger charge is -2.02. The third-order valence-electron chi connectivity index (χ3n) is 2.07. The molecule has 0 saturated heterocycles. The Hall–Kier alpha value is -1.98. The first-order chi connectivity index (χ1) is 7.13. The Kier molecular flexibility index (Phi) is 2.11. The second-order valence-electron chi connectivity index (χ2n) is 3.53. The van der Waals surface area contributed by atoms with Crippen LogP contribution in [0.1, 0.15) is 36.2 Å². The summed E-state index contributed by atoms with van der Waals surface area (Å²) < 4.78 is 1.41. The topological polar surface area (TPSA) is 80.1 Å². The van der Waals surface area contributed by atoms with Gasteiger partial charge in [-0.3, -0.25) is 9.59 Å². The minimum absolute atomic E-state index is 0.00685. The third-order valence-corrected chi connectivity index (χ3v) is 2.07. The van der Waals surface area contributed by atoms with E-state index in [1.165, 1.54) is 10.7 Å². The number of carbonyl (C=O) groups excluding carboxylic acids is 1. The van der Waals surface area contributed by atoms with Crippen LogP contribution in [0, 0.1) is 0 Å². The largest absolute Gasteiger partial charge is 0.301 e. The highest BCUT2D eigenvalue weighted by molar-refractivity contribution is 5.68. The van der Waals surface area contributed by atoms with Gasteiger partial charge in [0.2, 0.25) is 0 Å². The average Bonchev–Trinajstić information content (AvgIpc) is 2.61. The zero-order valence-electron chi connectivity index (χ0n) is 8.39. The van der Waals surface area contributed by atoms with Gasteiger partial charge in [-0.25, -0.2) is 9.50 Å². The van der Waals surface area contributed by atoms with Crippen LogP contribution in [0.2, 0.25) is 0 Å². The Labute approximate surface area is 85.0 Å². The van der Waals surface area contributed by atoms with Crippen molar-refractivity contribution in [1.29, 1.82) is 0 Å². The van der Waals surface area contributed by atoms with Crippen molar-refractivity contribution in [3.63, 3.8) is 0 Å². The summed E-state index contributed by atoms with van der Waals surface area (Å²) in [5, 5.41) is 3.97. The molecule has 15 heavy (non-hydrogen) atoms. The molecule has 0 aliphatic carbocycles. The number of aromatic nitrogens is 4. The normalized spacial score (nSPS) is 11.1. The maximum absolute atomic E-state index is 11.5. The fraction of sp³-hybridized carbons (Fsp3) is 0.333. The van der Waals surface area contributed by atoms with Crippen LogP contribution in [0.25, 0.3) is 5.52 Å². The molecule has 2 aromatic rings. The molecule has 1 N–H and O–H groups in total. The number of fused-ring (bicyclic) bond motifs is 1. The predicted molar refractivity (Wildman–Crippen MR) is 53.1 cm³/mol. The molecule has 78 valence electrons. The zero-order chi connectivity index (χ0) is 11.0. The Balaban J connectivity index is 2.84. The maximum Gasteiger partial charge on any atom is 0.277 e. The molecule has 0 spiro atoms. The molecule has 0 radical (unpaired) electrons. The van der Waals surface area contributed by atoms with Gasteiger partial charge in [0.15, 0.2) is 17.6 Å². The van der Waals surface area contributed by atoms with Crippen LogP contribution >= 0.6 is 0 Å². The highest BCUT2D eigenvalue weighted by Crippen LogP contribution is 2.11. The van der Waals surface area contributed by atoms with E-state index in [0.717, 1.165) is 0 Å². The van der Waals surface area contributed by atoms with E-state index in [2.05, 4.69) is 15.1 Å². The molecule has 0 aromatic carbocycles. The van der Waals surface area contributed by atoms with E-state index in [9.17, 15) is 9.59 Å². The highest BCUT2D eigenvalue weighted by atomic mass is 16.1. The van der Waals surface area contributed by atoms with E-state index >= 15 is 0 Å². The van der Waals surface area contributed by atoms with Crippen molar-refractivity contribution in [2.24, 2.45) is 0 Å². The van der Waals surface area contributed by atoms with Gasteiger partial charge in [0.1, 0.15) is 5.82 Å². The van der Waals surface area contributed by atoms with Gasteiger partial charge in [-0.15, -0.1) is 5.10 Å². The summed E-state index contributed by atoms with van der Waals surface area (Å²) in [5.74, 6) is 0.813. The van der Waals surface area contributed by atoms with Crippen molar-refractivity contribution in [2.45, 2.75) is 19.8 Å². The quantitative estimate of drug-likeness (QED) is 0.719. The molecule has 2 heterocycles. The van der Waals surface area contributed by atoms with Crippen LogP contribution < -0.4 is 5.56 Å². The average molecular weight is 206 g/mol. The number of nitrogens with zero attached hydrogens (tertiary/aromatic N) is 3. The summed E-state index contributed by atoms with van der Waals surface area (Å²) in [6.07, 6.45) is 1.96. The van der Waals surface area contributed by atoms with Gasteiger partial charge < -0.3 is 4.98 Å². The zero-order valence-corrected chi connectivity index (χ0v) is 8.39. The molecule has 0 aliphatic heterocycles. The summed E-state index contributed by atoms with van der Waals surface area (Å²) in [7, 11) is 0. The summed E-state index contributed by atoms with van der Waals surface area (Å²) in [6, 6.07) is 0. The van der Waals surface area contributed by atoms with E-state index in [1.54, 1.807) is 0 Å². The number of imidazole rings is 1. The fourth-order valence-electron chi connectivity index (χ4n) is 1.38. The van der Waals surface area contributed by atoms with E-state index in [-0.39, 0.29) is 17.3 Å². The lowest BCUT2D eigenvalue weighted by Crippen LogP contribution is -2.16. The first-order valence-corrected chi connectivity index (χ1v) is 4.56. The number of H-pyrrole nitrogens is 1. The number of hydrogen-bond donors (Lipinski definition) is 1. The molecule has 0 unspecified atom stereocenters. The number of aromatic amines is 1. The molecule has 6 nitrogen and oxygen atoms in total. The van der Waals surface area contributed by atoms with Crippen LogP contribution in [0.3, 0.4) is 0 Å². The van der Waals surface area contributed by atoms with Gasteiger partial charge >= 0.3 is 0 Å². The maximum atomic E-state index is 11.5. The van der Waals surface area contributed by atoms with E-state index in [4.69, 9.17) is 0 Å². The summed E-state index contributed by atoms with van der Waals surface area (Å²) >= 11 is 0. The van der Waals surface area contributed by atoms with Crippen molar-refractivity contribution in [2.75, 3.05) is 0 Å². The second kappa shape index (κ2) is 3.30. The van der Waals surface area contributed by atoms with Gasteiger partial charge in [-0.1, -0.05) is 13.8 Å². The second-order valence-corrected chi connectivity index (χ2v) is 3.53. The van der Waals surface area contributed by atoms with Crippen molar-refractivity contribution in [3.8, 4) is 0 Å². The molecule has 2 rings (SSSR count). The lowest BCUT2D eigenvalue weighted by atomic mass is 10.2. The predicted octanol–water partition coefficient (Wildman–Crippen LogP) is 0.353. The first-order valence-electron chi connectivity index (χ1n) is 4.56. The number of nitrogens with one attached hydrogen (secondary N) is 1. The minimum Gasteiger partial charge on any atom is -0.301 e. The summed E-state index contributed by atoms with van der Waals surface area (Å²) in [6.45, 7) is 3.89. The Bertz CT molecular complexity index is 567. The van der Waals surface area contributed by atoms with Crippen molar-refractivity contribution >= 4 is 11.8 Å². The van der Waals surface area contributed by atoms with Gasteiger partial charge in [0, 0.05) is 5.92 Å². The first kappa shape index (κ1) is 9.57. The van der Waals surface area contributed by atoms with Gasteiger partial charge in [0.25, 0.3) is 5.56 Å². The molecule has 0 bridgehead atoms. The lowest BCUT2D eigenvalue weighted by molar-refractivity contribution is 0.111. The number of carbonyl (C=O) groups is 1. The van der Waals surface area contributed by atoms with Crippen LogP contribution in [-0.4, -0.2) is 25.9 Å². The Morgan fingerprint density at radius 3 is 2.87 bits per heavy atom. The van der Waals surface area contributed by atoms with Gasteiger partial charge in [-0.2, -0.15) is 0 Å². The number of aldehydes is 1. The molecular weight excluding hydrogens is 196 g/mol. The SMILES string of the molecule is CC(C)c1ncc2c(=O)[nH]c(C=O)nn12. The monoisotopic (exact) mass is 206 g/mol. The van der Waals surface area contributed by atoms with Crippen LogP contribution in [0.5, 0.6) is 0 Å². The minimum atomic E-state index is -0.355. The third kappa shape index (κ3) is 1.43. The van der Waals surface area contributed by atoms with Crippen LogP contribution in [0.15, 0.2) is 11.0 Å².